The average Bonchev–Trinajstić information content (AvgIpc) is 2.85. The summed E-state index contributed by atoms with van der Waals surface area (Å²) in [5.74, 6) is -3.31. The Kier molecular flexibility index (Phi) is 4.77. The number of hydrogen-bond donors (Lipinski definition) is 1. The number of hydrogen-bond acceptors (Lipinski definition) is 5. The smallest absolute Gasteiger partial charge is 0.261 e. The molecule has 0 atom stereocenters. The van der Waals surface area contributed by atoms with E-state index >= 15 is 0 Å². The van der Waals surface area contributed by atoms with Crippen molar-refractivity contribution in [2.24, 2.45) is 0 Å². The number of rotatable bonds is 4. The Hall–Kier alpha value is -3.48. The minimum Gasteiger partial charge on any atom is -0.548 e. The Labute approximate surface area is 162 Å². The molecule has 28 heavy (non-hydrogen) atoms. The number of anilines is 1. The third kappa shape index (κ3) is 3.64. The SMILES string of the molecule is CC(C)(C)c1ccc(C(=O)Nc2ccc3c(c2)C(=O)N(CC(=O)[O-])C3=O)cc1. The van der Waals surface area contributed by atoms with Gasteiger partial charge in [-0.15, -0.1) is 0 Å². The van der Waals surface area contributed by atoms with Gasteiger partial charge >= 0.3 is 0 Å². The third-order valence-corrected chi connectivity index (χ3v) is 4.53. The first-order chi connectivity index (χ1) is 13.1. The summed E-state index contributed by atoms with van der Waals surface area (Å²) in [6, 6.07) is 11.5. The Bertz CT molecular complexity index is 987. The highest BCUT2D eigenvalue weighted by Crippen LogP contribution is 2.26. The lowest BCUT2D eigenvalue weighted by Crippen LogP contribution is -2.41. The zero-order valence-electron chi connectivity index (χ0n) is 15.7. The van der Waals surface area contributed by atoms with Crippen molar-refractivity contribution in [1.82, 2.24) is 4.90 Å². The fraction of sp³-hybridized carbons (Fsp3) is 0.238. The van der Waals surface area contributed by atoms with E-state index in [1.54, 1.807) is 12.1 Å². The molecule has 1 aliphatic rings. The lowest BCUT2D eigenvalue weighted by Gasteiger charge is -2.19. The number of carbonyl (C=O) groups excluding carboxylic acids is 4. The fourth-order valence-electron chi connectivity index (χ4n) is 2.97. The molecule has 1 aliphatic heterocycles. The van der Waals surface area contributed by atoms with Gasteiger partial charge in [0.1, 0.15) is 0 Å². The molecule has 0 unspecified atom stereocenters. The predicted octanol–water partition coefficient (Wildman–Crippen LogP) is 1.58. The Balaban J connectivity index is 1.79. The number of nitrogens with one attached hydrogen (secondary N) is 1. The van der Waals surface area contributed by atoms with E-state index in [4.69, 9.17) is 0 Å². The topological polar surface area (TPSA) is 107 Å². The van der Waals surface area contributed by atoms with Crippen LogP contribution in [0.2, 0.25) is 0 Å². The number of benzene rings is 2. The van der Waals surface area contributed by atoms with Crippen LogP contribution in [0.5, 0.6) is 0 Å². The zero-order chi connectivity index (χ0) is 20.6. The summed E-state index contributed by atoms with van der Waals surface area (Å²) in [5.41, 5.74) is 2.00. The molecule has 0 aliphatic carbocycles. The lowest BCUT2D eigenvalue weighted by molar-refractivity contribution is -0.305. The van der Waals surface area contributed by atoms with Crippen molar-refractivity contribution < 1.29 is 24.3 Å². The largest absolute Gasteiger partial charge is 0.548 e. The van der Waals surface area contributed by atoms with Crippen molar-refractivity contribution in [1.29, 1.82) is 0 Å². The maximum absolute atomic E-state index is 12.5. The number of fused-ring (bicyclic) bond motifs is 1. The molecule has 0 saturated heterocycles. The molecule has 0 aromatic heterocycles. The lowest BCUT2D eigenvalue weighted by atomic mass is 9.87. The van der Waals surface area contributed by atoms with Crippen LogP contribution in [0.1, 0.15) is 57.4 Å². The highest BCUT2D eigenvalue weighted by atomic mass is 16.4. The van der Waals surface area contributed by atoms with Crippen LogP contribution >= 0.6 is 0 Å². The standard InChI is InChI=1S/C21H20N2O5/c1-21(2,3)13-6-4-12(5-7-13)18(26)22-14-8-9-15-16(10-14)20(28)23(19(15)27)11-17(24)25/h4-10H,11H2,1-3H3,(H,22,26)(H,24,25)/p-1. The molecular weight excluding hydrogens is 360 g/mol. The van der Waals surface area contributed by atoms with E-state index in [2.05, 4.69) is 26.1 Å². The van der Waals surface area contributed by atoms with Gasteiger partial charge in [-0.3, -0.25) is 19.3 Å². The molecule has 0 spiro atoms. The van der Waals surface area contributed by atoms with E-state index in [9.17, 15) is 24.3 Å². The molecule has 7 heteroatoms. The van der Waals surface area contributed by atoms with E-state index < -0.39 is 24.3 Å². The number of carbonyl (C=O) groups is 4. The molecule has 144 valence electrons. The molecule has 1 N–H and O–H groups in total. The zero-order valence-corrected chi connectivity index (χ0v) is 15.7. The van der Waals surface area contributed by atoms with Crippen LogP contribution in [-0.4, -0.2) is 35.1 Å². The molecule has 0 fully saturated rings. The van der Waals surface area contributed by atoms with Crippen LogP contribution in [-0.2, 0) is 10.2 Å². The van der Waals surface area contributed by atoms with Gasteiger partial charge in [0.15, 0.2) is 0 Å². The molecule has 0 saturated carbocycles. The van der Waals surface area contributed by atoms with Gasteiger partial charge in [-0.05, 0) is 41.3 Å². The fourth-order valence-corrected chi connectivity index (χ4v) is 2.97. The number of aliphatic carboxylic acids is 1. The van der Waals surface area contributed by atoms with Gasteiger partial charge in [0, 0.05) is 11.3 Å². The van der Waals surface area contributed by atoms with Gasteiger partial charge in [-0.1, -0.05) is 32.9 Å². The molecule has 7 nitrogen and oxygen atoms in total. The van der Waals surface area contributed by atoms with Crippen molar-refractivity contribution in [3.05, 3.63) is 64.7 Å². The van der Waals surface area contributed by atoms with E-state index in [1.165, 1.54) is 18.2 Å². The summed E-state index contributed by atoms with van der Waals surface area (Å²) >= 11 is 0. The van der Waals surface area contributed by atoms with E-state index in [-0.39, 0.29) is 22.4 Å². The van der Waals surface area contributed by atoms with E-state index in [0.29, 0.717) is 16.2 Å². The quantitative estimate of drug-likeness (QED) is 0.812. The Morgan fingerprint density at radius 1 is 0.964 bits per heavy atom. The second-order valence-corrected chi connectivity index (χ2v) is 7.61. The first-order valence-corrected chi connectivity index (χ1v) is 8.70. The van der Waals surface area contributed by atoms with Crippen LogP contribution < -0.4 is 10.4 Å². The second-order valence-electron chi connectivity index (χ2n) is 7.61. The number of carboxylic acid groups (broad SMARTS) is 1. The molecule has 0 radical (unpaired) electrons. The van der Waals surface area contributed by atoms with E-state index in [0.717, 1.165) is 5.56 Å². The van der Waals surface area contributed by atoms with Crippen LogP contribution in [0.25, 0.3) is 0 Å². The maximum atomic E-state index is 12.5. The highest BCUT2D eigenvalue weighted by molar-refractivity contribution is 6.22. The highest BCUT2D eigenvalue weighted by Gasteiger charge is 2.35. The van der Waals surface area contributed by atoms with Crippen LogP contribution in [0.3, 0.4) is 0 Å². The summed E-state index contributed by atoms with van der Waals surface area (Å²) in [6.45, 7) is 5.42. The van der Waals surface area contributed by atoms with Gasteiger partial charge in [-0.2, -0.15) is 0 Å². The summed E-state index contributed by atoms with van der Waals surface area (Å²) < 4.78 is 0. The molecule has 3 amide bonds. The minimum absolute atomic E-state index is 0.0285. The predicted molar refractivity (Wildman–Crippen MR) is 99.9 cm³/mol. The van der Waals surface area contributed by atoms with Crippen LogP contribution in [0, 0.1) is 0 Å². The molecule has 1 heterocycles. The molecule has 3 rings (SSSR count). The maximum Gasteiger partial charge on any atom is 0.261 e. The van der Waals surface area contributed by atoms with Gasteiger partial charge in [0.25, 0.3) is 17.7 Å². The van der Waals surface area contributed by atoms with Crippen molar-refractivity contribution in [2.75, 3.05) is 11.9 Å². The van der Waals surface area contributed by atoms with Crippen molar-refractivity contribution in [2.45, 2.75) is 26.2 Å². The normalized spacial score (nSPS) is 13.5. The van der Waals surface area contributed by atoms with E-state index in [1.807, 2.05) is 12.1 Å². The summed E-state index contributed by atoms with van der Waals surface area (Å²) in [4.78, 5) is 48.2. The first-order valence-electron chi connectivity index (χ1n) is 8.70. The average molecular weight is 379 g/mol. The summed E-state index contributed by atoms with van der Waals surface area (Å²) in [5, 5.41) is 13.4. The third-order valence-electron chi connectivity index (χ3n) is 4.53. The second kappa shape index (κ2) is 6.92. The summed E-state index contributed by atoms with van der Waals surface area (Å²) in [6.07, 6.45) is 0. The van der Waals surface area contributed by atoms with Gasteiger partial charge in [0.05, 0.1) is 23.6 Å². The molecule has 2 aromatic carbocycles. The van der Waals surface area contributed by atoms with Gasteiger partial charge < -0.3 is 15.2 Å². The first kappa shape index (κ1) is 19.3. The van der Waals surface area contributed by atoms with Crippen molar-refractivity contribution in [3.8, 4) is 0 Å². The van der Waals surface area contributed by atoms with Crippen LogP contribution in [0.15, 0.2) is 42.5 Å². The molecular formula is C21H19N2O5-. The minimum atomic E-state index is -1.53. The van der Waals surface area contributed by atoms with Gasteiger partial charge in [0.2, 0.25) is 0 Å². The monoisotopic (exact) mass is 379 g/mol. The van der Waals surface area contributed by atoms with Gasteiger partial charge in [-0.25, -0.2) is 0 Å². The number of imide groups is 1. The summed E-state index contributed by atoms with van der Waals surface area (Å²) in [7, 11) is 0. The van der Waals surface area contributed by atoms with Crippen molar-refractivity contribution >= 4 is 29.4 Å². The number of amides is 3. The Morgan fingerprint density at radius 2 is 1.57 bits per heavy atom. The van der Waals surface area contributed by atoms with Crippen LogP contribution in [0.4, 0.5) is 5.69 Å². The Morgan fingerprint density at radius 3 is 2.14 bits per heavy atom. The van der Waals surface area contributed by atoms with Crippen molar-refractivity contribution in [3.63, 3.8) is 0 Å². The molecule has 0 bridgehead atoms. The number of nitrogens with zero attached hydrogens (tertiary/aromatic N) is 1. The molecule has 2 aromatic rings. The number of carboxylic acids is 1.